The van der Waals surface area contributed by atoms with Gasteiger partial charge in [0.15, 0.2) is 0 Å². The van der Waals surface area contributed by atoms with Crippen LogP contribution >= 0.6 is 0 Å². The standard InChI is InChI=1S/C48H92O6/c1-5-9-13-17-19-25-35-44(33-23-15-11-7-3)41-53-47(51)37-29-21-27-31-43(39-40-46(49)50)32-28-22-30-38-48(52)54-42-45(34-24-16-12-8-4)36-26-20-18-14-10-6-2/h43-45H,5-42H2,1-4H3,(H,49,50). The summed E-state index contributed by atoms with van der Waals surface area (Å²) < 4.78 is 11.6. The maximum absolute atomic E-state index is 12.6. The predicted octanol–water partition coefficient (Wildman–Crippen LogP) is 15.1. The molecule has 0 bridgehead atoms. The molecule has 320 valence electrons. The number of hydrogen-bond donors (Lipinski definition) is 1. The van der Waals surface area contributed by atoms with Crippen LogP contribution in [-0.2, 0) is 23.9 Å². The normalized spacial score (nSPS) is 13.1. The van der Waals surface area contributed by atoms with Crippen molar-refractivity contribution >= 4 is 17.9 Å². The van der Waals surface area contributed by atoms with E-state index in [0.717, 1.165) is 51.4 Å². The highest BCUT2D eigenvalue weighted by atomic mass is 16.5. The van der Waals surface area contributed by atoms with Gasteiger partial charge in [0.25, 0.3) is 0 Å². The number of carbonyl (C=O) groups is 3. The Bertz CT molecular complexity index is 770. The molecule has 6 nitrogen and oxygen atoms in total. The van der Waals surface area contributed by atoms with Gasteiger partial charge in [-0.15, -0.1) is 0 Å². The van der Waals surface area contributed by atoms with Crippen LogP contribution in [0.4, 0.5) is 0 Å². The molecule has 0 rings (SSSR count). The molecule has 0 aromatic carbocycles. The number of unbranched alkanes of at least 4 members (excludes halogenated alkanes) is 20. The van der Waals surface area contributed by atoms with E-state index in [0.29, 0.717) is 50.2 Å². The van der Waals surface area contributed by atoms with E-state index in [1.165, 1.54) is 154 Å². The van der Waals surface area contributed by atoms with Gasteiger partial charge in [-0.2, -0.15) is 0 Å². The van der Waals surface area contributed by atoms with Gasteiger partial charge in [-0.05, 0) is 62.7 Å². The SMILES string of the molecule is CCCCCCCCC(CCCCCC)COC(=O)CCCCCC(CCCCCC(=O)OCC(CCCCCC)CCCCCCCC)CCC(=O)O. The molecule has 54 heavy (non-hydrogen) atoms. The van der Waals surface area contributed by atoms with E-state index in [4.69, 9.17) is 9.47 Å². The monoisotopic (exact) mass is 765 g/mol. The van der Waals surface area contributed by atoms with Crippen LogP contribution in [0.25, 0.3) is 0 Å². The molecule has 1 N–H and O–H groups in total. The molecule has 0 aliphatic rings. The van der Waals surface area contributed by atoms with E-state index in [1.807, 2.05) is 0 Å². The van der Waals surface area contributed by atoms with Crippen molar-refractivity contribution in [2.75, 3.05) is 13.2 Å². The lowest BCUT2D eigenvalue weighted by Crippen LogP contribution is -2.14. The van der Waals surface area contributed by atoms with E-state index < -0.39 is 5.97 Å². The highest BCUT2D eigenvalue weighted by Crippen LogP contribution is 2.24. The highest BCUT2D eigenvalue weighted by Gasteiger charge is 2.15. The maximum Gasteiger partial charge on any atom is 0.305 e. The summed E-state index contributed by atoms with van der Waals surface area (Å²) in [6.45, 7) is 10.2. The summed E-state index contributed by atoms with van der Waals surface area (Å²) in [5, 5.41) is 9.31. The molecule has 2 unspecified atom stereocenters. The predicted molar refractivity (Wildman–Crippen MR) is 229 cm³/mol. The third-order valence-electron chi connectivity index (χ3n) is 11.6. The zero-order valence-electron chi connectivity index (χ0n) is 36.6. The van der Waals surface area contributed by atoms with Gasteiger partial charge < -0.3 is 14.6 Å². The first-order valence-electron chi connectivity index (χ1n) is 23.9. The van der Waals surface area contributed by atoms with Crippen molar-refractivity contribution in [1.82, 2.24) is 0 Å². The molecule has 0 saturated heterocycles. The summed E-state index contributed by atoms with van der Waals surface area (Å²) in [4.78, 5) is 36.5. The van der Waals surface area contributed by atoms with Crippen LogP contribution in [0.2, 0.25) is 0 Å². The molecule has 0 amide bonds. The molecule has 0 aromatic heterocycles. The minimum atomic E-state index is -0.731. The fourth-order valence-electron chi connectivity index (χ4n) is 7.85. The van der Waals surface area contributed by atoms with Gasteiger partial charge >= 0.3 is 17.9 Å². The van der Waals surface area contributed by atoms with Crippen molar-refractivity contribution in [3.8, 4) is 0 Å². The van der Waals surface area contributed by atoms with Crippen LogP contribution in [0.15, 0.2) is 0 Å². The molecule has 6 heteroatoms. The number of carboxylic acids is 1. The highest BCUT2D eigenvalue weighted by molar-refractivity contribution is 5.69. The van der Waals surface area contributed by atoms with Gasteiger partial charge in [0.1, 0.15) is 0 Å². The fourth-order valence-corrected chi connectivity index (χ4v) is 7.85. The summed E-state index contributed by atoms with van der Waals surface area (Å²) in [5.74, 6) is 0.525. The first-order chi connectivity index (χ1) is 26.4. The van der Waals surface area contributed by atoms with Crippen LogP contribution in [0.3, 0.4) is 0 Å². The van der Waals surface area contributed by atoms with Gasteiger partial charge in [-0.3, -0.25) is 14.4 Å². The lowest BCUT2D eigenvalue weighted by atomic mass is 9.90. The van der Waals surface area contributed by atoms with Crippen LogP contribution in [0.5, 0.6) is 0 Å². The van der Waals surface area contributed by atoms with Gasteiger partial charge in [-0.25, -0.2) is 0 Å². The van der Waals surface area contributed by atoms with E-state index in [9.17, 15) is 19.5 Å². The second kappa shape index (κ2) is 41.1. The van der Waals surface area contributed by atoms with Gasteiger partial charge in [0, 0.05) is 19.3 Å². The molecule has 0 saturated carbocycles. The molecular weight excluding hydrogens is 673 g/mol. The first-order valence-corrected chi connectivity index (χ1v) is 23.9. The number of hydrogen-bond acceptors (Lipinski definition) is 5. The number of carboxylic acid groups (broad SMARTS) is 1. The van der Waals surface area contributed by atoms with Gasteiger partial charge in [0.05, 0.1) is 13.2 Å². The van der Waals surface area contributed by atoms with Crippen LogP contribution in [0.1, 0.15) is 259 Å². The van der Waals surface area contributed by atoms with Crippen molar-refractivity contribution in [2.45, 2.75) is 259 Å². The number of rotatable bonds is 43. The lowest BCUT2D eigenvalue weighted by Gasteiger charge is -2.18. The van der Waals surface area contributed by atoms with E-state index >= 15 is 0 Å². The zero-order valence-corrected chi connectivity index (χ0v) is 36.6. The number of esters is 2. The average Bonchev–Trinajstić information content (AvgIpc) is 3.16. The van der Waals surface area contributed by atoms with Gasteiger partial charge in [-0.1, -0.05) is 195 Å². The summed E-state index contributed by atoms with van der Waals surface area (Å²) in [5.41, 5.74) is 0. The largest absolute Gasteiger partial charge is 0.481 e. The summed E-state index contributed by atoms with van der Waals surface area (Å²) >= 11 is 0. The average molecular weight is 765 g/mol. The molecule has 2 atom stereocenters. The zero-order chi connectivity index (χ0) is 39.7. The van der Waals surface area contributed by atoms with Crippen molar-refractivity contribution < 1.29 is 29.0 Å². The second-order valence-electron chi connectivity index (χ2n) is 16.9. The van der Waals surface area contributed by atoms with Crippen molar-refractivity contribution in [3.63, 3.8) is 0 Å². The smallest absolute Gasteiger partial charge is 0.305 e. The molecule has 0 heterocycles. The van der Waals surface area contributed by atoms with E-state index in [-0.39, 0.29) is 18.4 Å². The number of aliphatic carboxylic acids is 1. The molecule has 0 radical (unpaired) electrons. The maximum atomic E-state index is 12.6. The lowest BCUT2D eigenvalue weighted by molar-refractivity contribution is -0.146. The number of carbonyl (C=O) groups excluding carboxylic acids is 2. The van der Waals surface area contributed by atoms with Crippen LogP contribution < -0.4 is 0 Å². The quantitative estimate of drug-likeness (QED) is 0.0491. The Morgan fingerprint density at radius 2 is 0.630 bits per heavy atom. The van der Waals surface area contributed by atoms with E-state index in [2.05, 4.69) is 27.7 Å². The first kappa shape index (κ1) is 52.4. The Morgan fingerprint density at radius 3 is 0.963 bits per heavy atom. The minimum Gasteiger partial charge on any atom is -0.481 e. The molecule has 0 aliphatic carbocycles. The third-order valence-corrected chi connectivity index (χ3v) is 11.6. The Morgan fingerprint density at radius 1 is 0.352 bits per heavy atom. The second-order valence-corrected chi connectivity index (χ2v) is 16.9. The Balaban J connectivity index is 4.40. The summed E-state index contributed by atoms with van der Waals surface area (Å²) in [6.07, 6.45) is 39.9. The Kier molecular flexibility index (Phi) is 39.8. The Hall–Kier alpha value is -1.59. The molecule has 0 fully saturated rings. The molecule has 0 aromatic rings. The summed E-state index contributed by atoms with van der Waals surface area (Å²) in [6, 6.07) is 0. The van der Waals surface area contributed by atoms with Gasteiger partial charge in [0.2, 0.25) is 0 Å². The summed E-state index contributed by atoms with van der Waals surface area (Å²) in [7, 11) is 0. The third kappa shape index (κ3) is 37.3. The van der Waals surface area contributed by atoms with E-state index in [1.54, 1.807) is 0 Å². The Labute approximate surface area is 335 Å². The fraction of sp³-hybridized carbons (Fsp3) is 0.938. The van der Waals surface area contributed by atoms with Crippen LogP contribution in [-0.4, -0.2) is 36.2 Å². The number of ether oxygens (including phenoxy) is 2. The van der Waals surface area contributed by atoms with Crippen molar-refractivity contribution in [1.29, 1.82) is 0 Å². The minimum absolute atomic E-state index is 0.0576. The topological polar surface area (TPSA) is 89.9 Å². The molecular formula is C48H92O6. The molecule has 0 aliphatic heterocycles. The van der Waals surface area contributed by atoms with Crippen molar-refractivity contribution in [3.05, 3.63) is 0 Å². The van der Waals surface area contributed by atoms with Crippen LogP contribution in [0, 0.1) is 17.8 Å². The molecule has 0 spiro atoms. The van der Waals surface area contributed by atoms with Crippen molar-refractivity contribution in [2.24, 2.45) is 17.8 Å².